The predicted molar refractivity (Wildman–Crippen MR) is 96.4 cm³/mol. The number of carbonyl (C=O) groups is 1. The minimum Gasteiger partial charge on any atom is -0.441 e. The first kappa shape index (κ1) is 17.6. The number of halogens is 1. The monoisotopic (exact) mass is 373 g/mol. The van der Waals surface area contributed by atoms with Crippen molar-refractivity contribution in [3.05, 3.63) is 47.6 Å². The van der Waals surface area contributed by atoms with Crippen LogP contribution < -0.4 is 11.1 Å². The third-order valence-corrected chi connectivity index (χ3v) is 3.90. The zero-order valence-corrected chi connectivity index (χ0v) is 14.8. The fourth-order valence-corrected chi connectivity index (χ4v) is 2.55. The van der Waals surface area contributed by atoms with Crippen LogP contribution in [0.1, 0.15) is 18.6 Å². The second-order valence-corrected chi connectivity index (χ2v) is 5.78. The average molecular weight is 374 g/mol. The van der Waals surface area contributed by atoms with Gasteiger partial charge in [0.15, 0.2) is 5.82 Å². The van der Waals surface area contributed by atoms with Crippen LogP contribution in [0.4, 0.5) is 16.3 Å². The minimum absolute atomic E-state index is 0.282. The molecule has 0 aromatic carbocycles. The number of hydrogen-bond acceptors (Lipinski definition) is 7. The molecule has 0 spiro atoms. The average Bonchev–Trinajstić information content (AvgIpc) is 2.96. The van der Waals surface area contributed by atoms with E-state index in [2.05, 4.69) is 25.4 Å². The van der Waals surface area contributed by atoms with Gasteiger partial charge in [-0.05, 0) is 13.0 Å². The van der Waals surface area contributed by atoms with Crippen LogP contribution in [0, 0.1) is 0 Å². The van der Waals surface area contributed by atoms with Crippen molar-refractivity contribution in [2.45, 2.75) is 13.0 Å². The summed E-state index contributed by atoms with van der Waals surface area (Å²) in [4.78, 5) is 24.6. The Hall–Kier alpha value is -3.20. The van der Waals surface area contributed by atoms with Crippen molar-refractivity contribution in [3.8, 4) is 11.4 Å². The van der Waals surface area contributed by atoms with Gasteiger partial charge in [-0.2, -0.15) is 5.10 Å². The van der Waals surface area contributed by atoms with E-state index in [4.69, 9.17) is 22.1 Å². The van der Waals surface area contributed by atoms with E-state index in [9.17, 15) is 4.79 Å². The normalized spacial score (nSPS) is 11.8. The Balaban J connectivity index is 1.77. The maximum Gasteiger partial charge on any atom is 0.413 e. The maximum absolute atomic E-state index is 12.3. The zero-order valence-electron chi connectivity index (χ0n) is 14.0. The number of nitrogens with two attached hydrogens (primary N) is 1. The molecular formula is C16H16ClN7O2. The Morgan fingerprint density at radius 1 is 1.31 bits per heavy atom. The van der Waals surface area contributed by atoms with E-state index in [1.165, 1.54) is 17.1 Å². The standard InChI is InChI=1S/C16H16ClN7O2/c1-9(11-4-3-5-19-13(11)17)26-16(25)23-15-12(8-22-24(15)2)14-20-6-10(18)7-21-14/h3-9H,18H2,1-2H3,(H,23,25)/t9-/m1/s1. The summed E-state index contributed by atoms with van der Waals surface area (Å²) in [5.41, 5.74) is 7.18. The van der Waals surface area contributed by atoms with Gasteiger partial charge in [-0.25, -0.2) is 19.7 Å². The summed E-state index contributed by atoms with van der Waals surface area (Å²) in [5.74, 6) is 0.773. The first-order chi connectivity index (χ1) is 12.5. The molecule has 1 atom stereocenters. The molecule has 0 unspecified atom stereocenters. The third-order valence-electron chi connectivity index (χ3n) is 3.58. The van der Waals surface area contributed by atoms with Gasteiger partial charge < -0.3 is 10.5 Å². The summed E-state index contributed by atoms with van der Waals surface area (Å²) >= 11 is 6.02. The van der Waals surface area contributed by atoms with Crippen LogP contribution in [-0.2, 0) is 11.8 Å². The molecule has 0 aliphatic rings. The van der Waals surface area contributed by atoms with Gasteiger partial charge in [0.1, 0.15) is 17.1 Å². The van der Waals surface area contributed by atoms with Crippen LogP contribution in [0.5, 0.6) is 0 Å². The number of pyridine rings is 1. The van der Waals surface area contributed by atoms with E-state index >= 15 is 0 Å². The molecule has 134 valence electrons. The predicted octanol–water partition coefficient (Wildman–Crippen LogP) is 2.82. The highest BCUT2D eigenvalue weighted by Crippen LogP contribution is 2.26. The van der Waals surface area contributed by atoms with E-state index in [0.29, 0.717) is 28.5 Å². The zero-order chi connectivity index (χ0) is 18.7. The molecule has 9 nitrogen and oxygen atoms in total. The van der Waals surface area contributed by atoms with Gasteiger partial charge in [0.05, 0.1) is 29.8 Å². The number of aromatic nitrogens is 5. The number of nitrogens with zero attached hydrogens (tertiary/aromatic N) is 5. The van der Waals surface area contributed by atoms with E-state index in [0.717, 1.165) is 0 Å². The number of rotatable bonds is 4. The number of nitrogen functional groups attached to an aromatic ring is 1. The summed E-state index contributed by atoms with van der Waals surface area (Å²) in [5, 5.41) is 7.06. The fourth-order valence-electron chi connectivity index (χ4n) is 2.28. The van der Waals surface area contributed by atoms with Crippen molar-refractivity contribution < 1.29 is 9.53 Å². The molecule has 26 heavy (non-hydrogen) atoms. The van der Waals surface area contributed by atoms with Crippen molar-refractivity contribution in [1.29, 1.82) is 0 Å². The van der Waals surface area contributed by atoms with Crippen molar-refractivity contribution >= 4 is 29.2 Å². The van der Waals surface area contributed by atoms with E-state index in [1.54, 1.807) is 38.5 Å². The lowest BCUT2D eigenvalue weighted by Gasteiger charge is -2.15. The van der Waals surface area contributed by atoms with Gasteiger partial charge in [-0.1, -0.05) is 17.7 Å². The van der Waals surface area contributed by atoms with Gasteiger partial charge in [0, 0.05) is 18.8 Å². The van der Waals surface area contributed by atoms with Gasteiger partial charge >= 0.3 is 6.09 Å². The molecule has 0 bridgehead atoms. The Bertz CT molecular complexity index is 927. The SMILES string of the molecule is C[C@@H](OC(=O)Nc1c(-c2ncc(N)cn2)cnn1C)c1cccnc1Cl. The van der Waals surface area contributed by atoms with Crippen LogP contribution in [0.2, 0.25) is 5.15 Å². The van der Waals surface area contributed by atoms with Crippen LogP contribution >= 0.6 is 11.6 Å². The van der Waals surface area contributed by atoms with Crippen molar-refractivity contribution in [2.24, 2.45) is 7.05 Å². The van der Waals surface area contributed by atoms with Crippen LogP contribution in [-0.4, -0.2) is 30.8 Å². The van der Waals surface area contributed by atoms with Gasteiger partial charge in [-0.3, -0.25) is 10.00 Å². The molecule has 0 aliphatic heterocycles. The largest absolute Gasteiger partial charge is 0.441 e. The van der Waals surface area contributed by atoms with Crippen LogP contribution in [0.15, 0.2) is 36.9 Å². The Labute approximate surface area is 154 Å². The molecule has 0 aliphatic carbocycles. The Morgan fingerprint density at radius 3 is 2.73 bits per heavy atom. The molecule has 3 aromatic rings. The molecule has 0 saturated heterocycles. The summed E-state index contributed by atoms with van der Waals surface area (Å²) in [6.07, 6.45) is 4.81. The molecule has 3 rings (SSSR count). The minimum atomic E-state index is -0.669. The highest BCUT2D eigenvalue weighted by Gasteiger charge is 2.19. The lowest BCUT2D eigenvalue weighted by atomic mass is 10.2. The summed E-state index contributed by atoms with van der Waals surface area (Å²) in [6.45, 7) is 1.70. The molecule has 0 radical (unpaired) electrons. The lowest BCUT2D eigenvalue weighted by molar-refractivity contribution is 0.121. The topological polar surface area (TPSA) is 121 Å². The van der Waals surface area contributed by atoms with E-state index in [1.807, 2.05) is 0 Å². The Kier molecular flexibility index (Phi) is 4.99. The summed E-state index contributed by atoms with van der Waals surface area (Å²) in [6, 6.07) is 3.46. The summed E-state index contributed by atoms with van der Waals surface area (Å²) < 4.78 is 6.86. The number of amides is 1. The van der Waals surface area contributed by atoms with Crippen LogP contribution in [0.3, 0.4) is 0 Å². The second kappa shape index (κ2) is 7.36. The molecule has 1 amide bonds. The highest BCUT2D eigenvalue weighted by atomic mass is 35.5. The first-order valence-corrected chi connectivity index (χ1v) is 8.01. The number of ether oxygens (including phenoxy) is 1. The molecule has 3 heterocycles. The van der Waals surface area contributed by atoms with Gasteiger partial charge in [0.25, 0.3) is 0 Å². The maximum atomic E-state index is 12.3. The smallest absolute Gasteiger partial charge is 0.413 e. The molecule has 10 heteroatoms. The molecule has 0 saturated carbocycles. The Morgan fingerprint density at radius 2 is 2.04 bits per heavy atom. The second-order valence-electron chi connectivity index (χ2n) is 5.43. The quantitative estimate of drug-likeness (QED) is 0.674. The van der Waals surface area contributed by atoms with E-state index in [-0.39, 0.29) is 5.15 Å². The highest BCUT2D eigenvalue weighted by molar-refractivity contribution is 6.30. The molecular weight excluding hydrogens is 358 g/mol. The number of nitrogens with one attached hydrogen (secondary N) is 1. The van der Waals surface area contributed by atoms with Gasteiger partial charge in [-0.15, -0.1) is 0 Å². The van der Waals surface area contributed by atoms with E-state index < -0.39 is 12.2 Å². The van der Waals surface area contributed by atoms with Crippen molar-refractivity contribution in [3.63, 3.8) is 0 Å². The fraction of sp³-hybridized carbons (Fsp3) is 0.188. The van der Waals surface area contributed by atoms with Crippen LogP contribution in [0.25, 0.3) is 11.4 Å². The van der Waals surface area contributed by atoms with Gasteiger partial charge in [0.2, 0.25) is 0 Å². The number of carbonyl (C=O) groups excluding carboxylic acids is 1. The van der Waals surface area contributed by atoms with Crippen molar-refractivity contribution in [2.75, 3.05) is 11.1 Å². The summed E-state index contributed by atoms with van der Waals surface area (Å²) in [7, 11) is 1.68. The number of aryl methyl sites for hydroxylation is 1. The lowest BCUT2D eigenvalue weighted by Crippen LogP contribution is -2.18. The molecule has 3 N–H and O–H groups in total. The first-order valence-electron chi connectivity index (χ1n) is 7.63. The number of hydrogen-bond donors (Lipinski definition) is 2. The molecule has 0 fully saturated rings. The molecule has 3 aromatic heterocycles. The number of anilines is 2. The third kappa shape index (κ3) is 3.72. The van der Waals surface area contributed by atoms with Crippen molar-refractivity contribution in [1.82, 2.24) is 24.7 Å².